The molecule has 2 aliphatic rings. The maximum atomic E-state index is 12.7. The second-order valence-corrected chi connectivity index (χ2v) is 10.9. The van der Waals surface area contributed by atoms with Crippen LogP contribution in [0.1, 0.15) is 56.3 Å². The molecule has 2 fully saturated rings. The summed E-state index contributed by atoms with van der Waals surface area (Å²) in [5, 5.41) is 5.79. The number of aromatic nitrogens is 1. The first-order chi connectivity index (χ1) is 17.6. The molecule has 2 aromatic heterocycles. The largest absolute Gasteiger partial charge is 0.384 e. The molecule has 192 valence electrons. The molecular weight excluding hydrogens is 468 g/mol. The van der Waals surface area contributed by atoms with Gasteiger partial charge in [0, 0.05) is 50.5 Å². The summed E-state index contributed by atoms with van der Waals surface area (Å²) in [5.74, 6) is 0.0785. The molecule has 4 heterocycles. The molecule has 1 spiro atoms. The van der Waals surface area contributed by atoms with E-state index in [0.29, 0.717) is 0 Å². The van der Waals surface area contributed by atoms with Gasteiger partial charge < -0.3 is 19.9 Å². The number of fused-ring (bicyclic) bond motifs is 1. The maximum absolute atomic E-state index is 12.7. The molecule has 2 saturated heterocycles. The van der Waals surface area contributed by atoms with Crippen LogP contribution in [0.25, 0.3) is 21.5 Å². The number of likely N-dealkylation sites (tertiary alicyclic amines) is 1. The molecule has 0 saturated carbocycles. The van der Waals surface area contributed by atoms with E-state index in [1.54, 1.807) is 11.3 Å². The lowest BCUT2D eigenvalue weighted by Crippen LogP contribution is -2.44. The molecule has 0 unspecified atom stereocenters. The Hall–Kier alpha value is -2.48. The van der Waals surface area contributed by atoms with Gasteiger partial charge in [-0.1, -0.05) is 12.1 Å². The van der Waals surface area contributed by atoms with E-state index in [1.165, 1.54) is 30.4 Å². The first-order valence-electron chi connectivity index (χ1n) is 13.5. The fourth-order valence-electron chi connectivity index (χ4n) is 5.57. The molecular formula is C29H38N4O2S. The number of thiophene rings is 1. The minimum Gasteiger partial charge on any atom is -0.384 e. The second-order valence-electron chi connectivity index (χ2n) is 10.0. The van der Waals surface area contributed by atoms with Crippen molar-refractivity contribution in [3.05, 3.63) is 47.3 Å². The van der Waals surface area contributed by atoms with Gasteiger partial charge in [-0.15, -0.1) is 11.3 Å². The third-order valence-electron chi connectivity index (χ3n) is 7.81. The van der Waals surface area contributed by atoms with Crippen LogP contribution in [0.4, 0.5) is 5.69 Å². The van der Waals surface area contributed by atoms with E-state index in [9.17, 15) is 4.79 Å². The molecule has 0 bridgehead atoms. The van der Waals surface area contributed by atoms with Gasteiger partial charge in [0.2, 0.25) is 0 Å². The highest BCUT2D eigenvalue weighted by atomic mass is 32.1. The van der Waals surface area contributed by atoms with Crippen LogP contribution >= 0.6 is 11.3 Å². The van der Waals surface area contributed by atoms with Gasteiger partial charge in [-0.2, -0.15) is 0 Å². The van der Waals surface area contributed by atoms with Crippen LogP contribution in [0.15, 0.2) is 41.8 Å². The Morgan fingerprint density at radius 3 is 2.61 bits per heavy atom. The van der Waals surface area contributed by atoms with Crippen molar-refractivity contribution >= 4 is 33.1 Å². The molecule has 6 nitrogen and oxygen atoms in total. The zero-order valence-electron chi connectivity index (χ0n) is 21.6. The van der Waals surface area contributed by atoms with Crippen LogP contribution in [0.5, 0.6) is 0 Å². The molecule has 7 heteroatoms. The summed E-state index contributed by atoms with van der Waals surface area (Å²) in [7, 11) is 0. The summed E-state index contributed by atoms with van der Waals surface area (Å²) < 4.78 is 7.27. The molecule has 36 heavy (non-hydrogen) atoms. The summed E-state index contributed by atoms with van der Waals surface area (Å²) in [4.78, 5) is 22.0. The van der Waals surface area contributed by atoms with Crippen molar-refractivity contribution in [3.63, 3.8) is 0 Å². The highest BCUT2D eigenvalue weighted by molar-refractivity contribution is 7.17. The summed E-state index contributed by atoms with van der Waals surface area (Å²) in [5.41, 5.74) is 5.04. The number of ether oxygens (including phenoxy) is 1. The lowest BCUT2D eigenvalue weighted by atomic mass is 9.88. The number of hydrogen-bond acceptors (Lipinski definition) is 6. The quantitative estimate of drug-likeness (QED) is 0.367. The zero-order chi connectivity index (χ0) is 25.0. The van der Waals surface area contributed by atoms with E-state index < -0.39 is 0 Å². The third-order valence-corrected chi connectivity index (χ3v) is 8.75. The summed E-state index contributed by atoms with van der Waals surface area (Å²) >= 11 is 1.73. The van der Waals surface area contributed by atoms with Crippen LogP contribution in [-0.4, -0.2) is 72.2 Å². The van der Waals surface area contributed by atoms with E-state index in [-0.39, 0.29) is 11.5 Å². The van der Waals surface area contributed by atoms with Crippen molar-refractivity contribution in [2.45, 2.75) is 51.6 Å². The van der Waals surface area contributed by atoms with E-state index in [1.807, 2.05) is 43.0 Å². The van der Waals surface area contributed by atoms with Gasteiger partial charge in [-0.3, -0.25) is 4.79 Å². The lowest BCUT2D eigenvalue weighted by Gasteiger charge is -2.38. The molecule has 1 N–H and O–H groups in total. The number of pyridine rings is 1. The number of nitrogens with zero attached hydrogens (tertiary/aromatic N) is 3. The highest BCUT2D eigenvalue weighted by Gasteiger charge is 2.37. The van der Waals surface area contributed by atoms with Crippen molar-refractivity contribution in [2.75, 3.05) is 51.2 Å². The first-order valence-corrected chi connectivity index (χ1v) is 14.4. The summed E-state index contributed by atoms with van der Waals surface area (Å²) in [6, 6.07) is 12.1. The van der Waals surface area contributed by atoms with Gasteiger partial charge in [-0.05, 0) is 82.1 Å². The van der Waals surface area contributed by atoms with Gasteiger partial charge in [0.25, 0.3) is 5.91 Å². The molecule has 5 rings (SSSR count). The Morgan fingerprint density at radius 2 is 1.92 bits per heavy atom. The molecule has 0 radical (unpaired) electrons. The van der Waals surface area contributed by atoms with Crippen molar-refractivity contribution in [1.29, 1.82) is 0 Å². The Balaban J connectivity index is 1.21. The van der Waals surface area contributed by atoms with Crippen molar-refractivity contribution in [3.8, 4) is 11.3 Å². The Kier molecular flexibility index (Phi) is 7.89. The van der Waals surface area contributed by atoms with E-state index in [0.717, 1.165) is 80.3 Å². The number of carbonyl (C=O) groups excluding carboxylic acids is 1. The van der Waals surface area contributed by atoms with E-state index in [2.05, 4.69) is 27.7 Å². The Labute approximate surface area is 218 Å². The average Bonchev–Trinajstić information content (AvgIpc) is 3.58. The van der Waals surface area contributed by atoms with Crippen LogP contribution in [0, 0.1) is 0 Å². The maximum Gasteiger partial charge on any atom is 0.253 e. The predicted molar refractivity (Wildman–Crippen MR) is 149 cm³/mol. The van der Waals surface area contributed by atoms with Crippen LogP contribution in [-0.2, 0) is 4.74 Å². The SMILES string of the molecule is CCN(CC)C(=O)c1ccc(-c2cc(NCCCN3CCC4(CCCO4)CC3)c3sccc3n2)cc1. The van der Waals surface area contributed by atoms with Gasteiger partial charge >= 0.3 is 0 Å². The van der Waals surface area contributed by atoms with Crippen LogP contribution in [0.2, 0.25) is 0 Å². The number of nitrogens with one attached hydrogen (secondary N) is 1. The lowest BCUT2D eigenvalue weighted by molar-refractivity contribution is -0.0432. The third kappa shape index (κ3) is 5.43. The molecule has 1 aromatic carbocycles. The number of piperidine rings is 1. The topological polar surface area (TPSA) is 57.7 Å². The van der Waals surface area contributed by atoms with E-state index in [4.69, 9.17) is 9.72 Å². The molecule has 3 aromatic rings. The van der Waals surface area contributed by atoms with Crippen LogP contribution < -0.4 is 5.32 Å². The van der Waals surface area contributed by atoms with Gasteiger partial charge in [0.05, 0.1) is 27.2 Å². The van der Waals surface area contributed by atoms with Gasteiger partial charge in [-0.25, -0.2) is 4.98 Å². The van der Waals surface area contributed by atoms with Gasteiger partial charge in [0.15, 0.2) is 0 Å². The van der Waals surface area contributed by atoms with E-state index >= 15 is 0 Å². The molecule has 1 amide bonds. The van der Waals surface area contributed by atoms with Crippen LogP contribution in [0.3, 0.4) is 0 Å². The number of carbonyl (C=O) groups is 1. The van der Waals surface area contributed by atoms with Crippen molar-refractivity contribution in [1.82, 2.24) is 14.8 Å². The normalized spacial score (nSPS) is 17.6. The Bertz CT molecular complexity index is 1160. The predicted octanol–water partition coefficient (Wildman–Crippen LogP) is 5.89. The number of hydrogen-bond donors (Lipinski definition) is 1. The summed E-state index contributed by atoms with van der Waals surface area (Å²) in [6.45, 7) is 10.8. The first kappa shape index (κ1) is 25.2. The number of amides is 1. The number of anilines is 1. The number of benzene rings is 1. The standard InChI is InChI=1S/C29H38N4O2S/c1-3-33(4-2)28(34)23-9-7-22(8-10-23)25-21-26(27-24(31-25)11-20-36-27)30-15-6-16-32-17-13-29(14-18-32)12-5-19-35-29/h7-11,20-21H,3-6,12-19H2,1-2H3,(H,30,31). The molecule has 0 aliphatic carbocycles. The average molecular weight is 507 g/mol. The molecule has 0 atom stereocenters. The highest BCUT2D eigenvalue weighted by Crippen LogP contribution is 2.36. The zero-order valence-corrected chi connectivity index (χ0v) is 22.4. The van der Waals surface area contributed by atoms with Crippen molar-refractivity contribution in [2.24, 2.45) is 0 Å². The smallest absolute Gasteiger partial charge is 0.253 e. The minimum atomic E-state index is 0.0785. The fourth-order valence-corrected chi connectivity index (χ4v) is 6.40. The number of rotatable bonds is 9. The summed E-state index contributed by atoms with van der Waals surface area (Å²) in [6.07, 6.45) is 5.96. The molecule has 2 aliphatic heterocycles. The second kappa shape index (κ2) is 11.3. The monoisotopic (exact) mass is 506 g/mol. The van der Waals surface area contributed by atoms with Gasteiger partial charge in [0.1, 0.15) is 0 Å². The Morgan fingerprint density at radius 1 is 1.14 bits per heavy atom. The minimum absolute atomic E-state index is 0.0785. The fraction of sp³-hybridized carbons (Fsp3) is 0.517. The van der Waals surface area contributed by atoms with Crippen molar-refractivity contribution < 1.29 is 9.53 Å².